The molecule has 0 heterocycles. The van der Waals surface area contributed by atoms with Crippen molar-refractivity contribution in [3.63, 3.8) is 0 Å². The van der Waals surface area contributed by atoms with Crippen molar-refractivity contribution in [3.05, 3.63) is 35.4 Å². The zero-order valence-corrected chi connectivity index (χ0v) is 10.6. The van der Waals surface area contributed by atoms with Gasteiger partial charge >= 0.3 is 0 Å². The average molecular weight is 229 g/mol. The van der Waals surface area contributed by atoms with Crippen LogP contribution >= 0.6 is 0 Å². The zero-order valence-electron chi connectivity index (χ0n) is 10.6. The Morgan fingerprint density at radius 2 is 1.59 bits per heavy atom. The molecule has 1 heteroatoms. The van der Waals surface area contributed by atoms with Gasteiger partial charge in [0.15, 0.2) is 0 Å². The number of benzene rings is 1. The molecule has 92 valence electrons. The van der Waals surface area contributed by atoms with E-state index in [4.69, 9.17) is 5.73 Å². The lowest BCUT2D eigenvalue weighted by molar-refractivity contribution is 0.576. The van der Waals surface area contributed by atoms with Crippen LogP contribution in [0.1, 0.15) is 68.4 Å². The highest BCUT2D eigenvalue weighted by Gasteiger charge is 2.42. The Morgan fingerprint density at radius 1 is 0.941 bits per heavy atom. The molecule has 0 spiro atoms. The van der Waals surface area contributed by atoms with Crippen molar-refractivity contribution in [2.24, 2.45) is 5.73 Å². The number of hydrogen-bond acceptors (Lipinski definition) is 1. The summed E-state index contributed by atoms with van der Waals surface area (Å²) in [6.45, 7) is 0. The Bertz CT molecular complexity index is 384. The SMILES string of the molecule is NC1(c2ccccc2C2CCCCCC2)CC1. The Kier molecular flexibility index (Phi) is 2.96. The average Bonchev–Trinajstić information content (AvgIpc) is 3.13. The van der Waals surface area contributed by atoms with Gasteiger partial charge in [0, 0.05) is 5.54 Å². The van der Waals surface area contributed by atoms with Gasteiger partial charge in [0.25, 0.3) is 0 Å². The van der Waals surface area contributed by atoms with Crippen LogP contribution in [0.2, 0.25) is 0 Å². The van der Waals surface area contributed by atoms with Gasteiger partial charge in [0.1, 0.15) is 0 Å². The van der Waals surface area contributed by atoms with Crippen molar-refractivity contribution < 1.29 is 0 Å². The van der Waals surface area contributed by atoms with Crippen LogP contribution in [0.4, 0.5) is 0 Å². The van der Waals surface area contributed by atoms with Crippen LogP contribution in [-0.4, -0.2) is 0 Å². The number of rotatable bonds is 2. The van der Waals surface area contributed by atoms with Crippen molar-refractivity contribution in [3.8, 4) is 0 Å². The molecule has 0 unspecified atom stereocenters. The summed E-state index contributed by atoms with van der Waals surface area (Å²) in [6, 6.07) is 8.95. The van der Waals surface area contributed by atoms with E-state index in [9.17, 15) is 0 Å². The Hall–Kier alpha value is -0.820. The second-order valence-corrected chi connectivity index (χ2v) is 5.93. The first kappa shape index (κ1) is 11.3. The smallest absolute Gasteiger partial charge is 0.0414 e. The molecule has 2 saturated carbocycles. The minimum atomic E-state index is 0.0307. The van der Waals surface area contributed by atoms with Gasteiger partial charge in [-0.3, -0.25) is 0 Å². The van der Waals surface area contributed by atoms with E-state index in [0.717, 1.165) is 5.92 Å². The van der Waals surface area contributed by atoms with E-state index in [1.165, 1.54) is 56.9 Å². The summed E-state index contributed by atoms with van der Waals surface area (Å²) in [6.07, 6.45) is 10.7. The fourth-order valence-electron chi connectivity index (χ4n) is 3.30. The molecule has 0 aromatic heterocycles. The summed E-state index contributed by atoms with van der Waals surface area (Å²) >= 11 is 0. The van der Waals surface area contributed by atoms with Crippen LogP contribution in [0.25, 0.3) is 0 Å². The molecule has 0 radical (unpaired) electrons. The highest BCUT2D eigenvalue weighted by Crippen LogP contribution is 2.47. The zero-order chi connectivity index (χ0) is 11.7. The monoisotopic (exact) mass is 229 g/mol. The summed E-state index contributed by atoms with van der Waals surface area (Å²) in [5.41, 5.74) is 9.46. The molecule has 2 fully saturated rings. The molecular formula is C16H23N. The first-order valence-electron chi connectivity index (χ1n) is 7.18. The predicted octanol–water partition coefficient (Wildman–Crippen LogP) is 4.07. The predicted molar refractivity (Wildman–Crippen MR) is 72.0 cm³/mol. The molecule has 2 aliphatic rings. The molecule has 1 aromatic rings. The molecule has 0 aliphatic heterocycles. The summed E-state index contributed by atoms with van der Waals surface area (Å²) in [4.78, 5) is 0. The van der Waals surface area contributed by atoms with E-state index in [0.29, 0.717) is 0 Å². The molecule has 17 heavy (non-hydrogen) atoms. The van der Waals surface area contributed by atoms with Gasteiger partial charge in [0.2, 0.25) is 0 Å². The molecule has 0 bridgehead atoms. The summed E-state index contributed by atoms with van der Waals surface area (Å²) in [5.74, 6) is 0.773. The van der Waals surface area contributed by atoms with Gasteiger partial charge in [-0.25, -0.2) is 0 Å². The summed E-state index contributed by atoms with van der Waals surface area (Å²) in [5, 5.41) is 0. The van der Waals surface area contributed by atoms with Gasteiger partial charge in [-0.1, -0.05) is 49.9 Å². The van der Waals surface area contributed by atoms with E-state index in [1.54, 1.807) is 5.56 Å². The van der Waals surface area contributed by atoms with E-state index in [1.807, 2.05) is 0 Å². The van der Waals surface area contributed by atoms with Crippen LogP contribution in [0, 0.1) is 0 Å². The third kappa shape index (κ3) is 2.26. The fourth-order valence-corrected chi connectivity index (χ4v) is 3.30. The lowest BCUT2D eigenvalue weighted by atomic mass is 9.85. The van der Waals surface area contributed by atoms with Gasteiger partial charge < -0.3 is 5.73 Å². The van der Waals surface area contributed by atoms with Gasteiger partial charge in [-0.05, 0) is 42.7 Å². The minimum absolute atomic E-state index is 0.0307. The summed E-state index contributed by atoms with van der Waals surface area (Å²) < 4.78 is 0. The topological polar surface area (TPSA) is 26.0 Å². The quantitative estimate of drug-likeness (QED) is 0.760. The first-order chi connectivity index (χ1) is 8.30. The lowest BCUT2D eigenvalue weighted by Crippen LogP contribution is -2.21. The first-order valence-corrected chi connectivity index (χ1v) is 7.18. The lowest BCUT2D eigenvalue weighted by Gasteiger charge is -2.22. The van der Waals surface area contributed by atoms with E-state index in [2.05, 4.69) is 24.3 Å². The largest absolute Gasteiger partial charge is 0.321 e. The fraction of sp³-hybridized carbons (Fsp3) is 0.625. The number of nitrogens with two attached hydrogens (primary N) is 1. The molecule has 0 atom stereocenters. The van der Waals surface area contributed by atoms with Crippen molar-refractivity contribution in [1.82, 2.24) is 0 Å². The van der Waals surface area contributed by atoms with Crippen molar-refractivity contribution in [2.75, 3.05) is 0 Å². The molecule has 2 N–H and O–H groups in total. The third-order valence-corrected chi connectivity index (χ3v) is 4.58. The van der Waals surface area contributed by atoms with Crippen molar-refractivity contribution in [2.45, 2.75) is 62.8 Å². The Balaban J connectivity index is 1.90. The van der Waals surface area contributed by atoms with Crippen molar-refractivity contribution >= 4 is 0 Å². The maximum atomic E-state index is 6.41. The highest BCUT2D eigenvalue weighted by molar-refractivity contribution is 5.39. The number of hydrogen-bond donors (Lipinski definition) is 1. The Labute approximate surface area is 104 Å². The van der Waals surface area contributed by atoms with Gasteiger partial charge in [-0.2, -0.15) is 0 Å². The Morgan fingerprint density at radius 3 is 2.24 bits per heavy atom. The maximum Gasteiger partial charge on any atom is 0.0414 e. The third-order valence-electron chi connectivity index (χ3n) is 4.58. The van der Waals surface area contributed by atoms with Gasteiger partial charge in [0.05, 0.1) is 0 Å². The normalized spacial score (nSPS) is 24.3. The second kappa shape index (κ2) is 4.45. The highest BCUT2D eigenvalue weighted by atomic mass is 14.8. The van der Waals surface area contributed by atoms with E-state index < -0.39 is 0 Å². The van der Waals surface area contributed by atoms with Crippen molar-refractivity contribution in [1.29, 1.82) is 0 Å². The van der Waals surface area contributed by atoms with Crippen LogP contribution in [0.3, 0.4) is 0 Å². The molecule has 2 aliphatic carbocycles. The molecule has 0 saturated heterocycles. The minimum Gasteiger partial charge on any atom is -0.321 e. The van der Waals surface area contributed by atoms with Crippen LogP contribution in [0.15, 0.2) is 24.3 Å². The van der Waals surface area contributed by atoms with Crippen LogP contribution in [0.5, 0.6) is 0 Å². The maximum absolute atomic E-state index is 6.41. The van der Waals surface area contributed by atoms with E-state index >= 15 is 0 Å². The second-order valence-electron chi connectivity index (χ2n) is 5.93. The molecular weight excluding hydrogens is 206 g/mol. The van der Waals surface area contributed by atoms with Crippen LogP contribution in [-0.2, 0) is 5.54 Å². The molecule has 0 amide bonds. The van der Waals surface area contributed by atoms with Gasteiger partial charge in [-0.15, -0.1) is 0 Å². The molecule has 1 nitrogen and oxygen atoms in total. The van der Waals surface area contributed by atoms with Crippen LogP contribution < -0.4 is 5.73 Å². The summed E-state index contributed by atoms with van der Waals surface area (Å²) in [7, 11) is 0. The molecule has 1 aromatic carbocycles. The standard InChI is InChI=1S/C16H23N/c17-16(11-12-16)15-10-6-5-9-14(15)13-7-3-1-2-4-8-13/h5-6,9-10,13H,1-4,7-8,11-12,17H2. The molecule has 3 rings (SSSR count). The van der Waals surface area contributed by atoms with E-state index in [-0.39, 0.29) is 5.54 Å².